The Kier molecular flexibility index (Phi) is 5.83. The van der Waals surface area contributed by atoms with Crippen molar-refractivity contribution in [2.75, 3.05) is 19.0 Å². The quantitative estimate of drug-likeness (QED) is 0.744. The summed E-state index contributed by atoms with van der Waals surface area (Å²) in [5.74, 6) is 1.08. The minimum absolute atomic E-state index is 0.0236. The molecule has 1 aromatic carbocycles. The lowest BCUT2D eigenvalue weighted by atomic mass is 9.85. The summed E-state index contributed by atoms with van der Waals surface area (Å²) in [6.07, 6.45) is 5.19. The van der Waals surface area contributed by atoms with E-state index in [2.05, 4.69) is 20.9 Å². The molecule has 0 radical (unpaired) electrons. The Morgan fingerprint density at radius 3 is 2.85 bits per heavy atom. The molecule has 8 heteroatoms. The molecule has 3 rings (SSSR count). The third-order valence-corrected chi connectivity index (χ3v) is 4.48. The number of hydrogen-bond donors (Lipinski definition) is 2. The molecule has 0 bridgehead atoms. The monoisotopic (exact) mass is 357 g/mol. The van der Waals surface area contributed by atoms with Gasteiger partial charge in [0.25, 0.3) is 0 Å². The molecule has 0 atom stereocenters. The van der Waals surface area contributed by atoms with Crippen LogP contribution in [-0.2, 0) is 22.6 Å². The number of ether oxygens (including phenoxy) is 1. The largest absolute Gasteiger partial charge is 0.496 e. The fourth-order valence-electron chi connectivity index (χ4n) is 2.78. The molecule has 0 unspecified atom stereocenters. The number of para-hydroxylation sites is 1. The molecule has 1 aliphatic carbocycles. The second-order valence-electron chi connectivity index (χ2n) is 6.33. The first-order valence-corrected chi connectivity index (χ1v) is 8.75. The van der Waals surface area contributed by atoms with Gasteiger partial charge in [-0.3, -0.25) is 9.59 Å². The lowest BCUT2D eigenvalue weighted by molar-refractivity contribution is -0.122. The van der Waals surface area contributed by atoms with Crippen LogP contribution in [0.15, 0.2) is 30.5 Å². The zero-order valence-electron chi connectivity index (χ0n) is 14.8. The van der Waals surface area contributed by atoms with Crippen molar-refractivity contribution >= 4 is 17.6 Å². The van der Waals surface area contributed by atoms with E-state index in [0.717, 1.165) is 30.6 Å². The Labute approximate surface area is 151 Å². The SMILES string of the molecule is COc1ccccc1CCNC(=O)Cn1cc(NC(=O)C2CCC2)nn1. The van der Waals surface area contributed by atoms with Crippen LogP contribution in [-0.4, -0.2) is 40.5 Å². The lowest BCUT2D eigenvalue weighted by Crippen LogP contribution is -2.29. The van der Waals surface area contributed by atoms with E-state index in [9.17, 15) is 9.59 Å². The van der Waals surface area contributed by atoms with E-state index < -0.39 is 0 Å². The number of rotatable bonds is 8. The van der Waals surface area contributed by atoms with Crippen LogP contribution < -0.4 is 15.4 Å². The fraction of sp³-hybridized carbons (Fsp3) is 0.444. The molecule has 0 saturated heterocycles. The average Bonchev–Trinajstić information content (AvgIpc) is 3.00. The topological polar surface area (TPSA) is 98.1 Å². The van der Waals surface area contributed by atoms with Gasteiger partial charge in [0.05, 0.1) is 13.3 Å². The van der Waals surface area contributed by atoms with Gasteiger partial charge in [0.15, 0.2) is 5.82 Å². The van der Waals surface area contributed by atoms with Gasteiger partial charge in [-0.1, -0.05) is 29.8 Å². The summed E-state index contributed by atoms with van der Waals surface area (Å²) in [6.45, 7) is 0.553. The van der Waals surface area contributed by atoms with Crippen LogP contribution >= 0.6 is 0 Å². The maximum atomic E-state index is 12.0. The van der Waals surface area contributed by atoms with Gasteiger partial charge in [-0.25, -0.2) is 4.68 Å². The van der Waals surface area contributed by atoms with Crippen LogP contribution in [0.5, 0.6) is 5.75 Å². The van der Waals surface area contributed by atoms with Crippen molar-refractivity contribution in [2.24, 2.45) is 5.92 Å². The molecular formula is C18H23N5O3. The van der Waals surface area contributed by atoms with Gasteiger partial charge in [-0.2, -0.15) is 0 Å². The van der Waals surface area contributed by atoms with Crippen molar-refractivity contribution in [3.8, 4) is 5.75 Å². The van der Waals surface area contributed by atoms with Gasteiger partial charge in [0.1, 0.15) is 12.3 Å². The van der Waals surface area contributed by atoms with Gasteiger partial charge < -0.3 is 15.4 Å². The van der Waals surface area contributed by atoms with Crippen LogP contribution in [0.3, 0.4) is 0 Å². The number of methoxy groups -OCH3 is 1. The van der Waals surface area contributed by atoms with Gasteiger partial charge in [0.2, 0.25) is 11.8 Å². The van der Waals surface area contributed by atoms with Crippen LogP contribution in [0.4, 0.5) is 5.82 Å². The number of nitrogens with zero attached hydrogens (tertiary/aromatic N) is 3. The second-order valence-corrected chi connectivity index (χ2v) is 6.33. The van der Waals surface area contributed by atoms with Crippen LogP contribution in [0, 0.1) is 5.92 Å². The van der Waals surface area contributed by atoms with Gasteiger partial charge in [-0.05, 0) is 30.9 Å². The molecule has 26 heavy (non-hydrogen) atoms. The third-order valence-electron chi connectivity index (χ3n) is 4.48. The zero-order valence-corrected chi connectivity index (χ0v) is 14.8. The number of carbonyl (C=O) groups is 2. The number of hydrogen-bond acceptors (Lipinski definition) is 5. The van der Waals surface area contributed by atoms with Gasteiger partial charge in [0, 0.05) is 12.5 Å². The van der Waals surface area contributed by atoms with E-state index in [0.29, 0.717) is 18.8 Å². The van der Waals surface area contributed by atoms with Crippen molar-refractivity contribution in [2.45, 2.75) is 32.2 Å². The summed E-state index contributed by atoms with van der Waals surface area (Å²) < 4.78 is 6.70. The number of anilines is 1. The summed E-state index contributed by atoms with van der Waals surface area (Å²) in [5.41, 5.74) is 1.04. The Morgan fingerprint density at radius 1 is 1.31 bits per heavy atom. The smallest absolute Gasteiger partial charge is 0.241 e. The molecule has 0 spiro atoms. The number of nitrogens with one attached hydrogen (secondary N) is 2. The molecule has 138 valence electrons. The molecule has 1 aromatic heterocycles. The number of aromatic nitrogens is 3. The van der Waals surface area contributed by atoms with Crippen molar-refractivity contribution in [3.63, 3.8) is 0 Å². The summed E-state index contributed by atoms with van der Waals surface area (Å²) in [6, 6.07) is 7.72. The van der Waals surface area contributed by atoms with E-state index >= 15 is 0 Å². The van der Waals surface area contributed by atoms with E-state index in [4.69, 9.17) is 4.74 Å². The fourth-order valence-corrected chi connectivity index (χ4v) is 2.78. The molecular weight excluding hydrogens is 334 g/mol. The minimum Gasteiger partial charge on any atom is -0.496 e. The average molecular weight is 357 g/mol. The van der Waals surface area contributed by atoms with E-state index in [-0.39, 0.29) is 24.3 Å². The number of carbonyl (C=O) groups excluding carboxylic acids is 2. The highest BCUT2D eigenvalue weighted by Gasteiger charge is 2.25. The van der Waals surface area contributed by atoms with Crippen molar-refractivity contribution in [1.82, 2.24) is 20.3 Å². The van der Waals surface area contributed by atoms with E-state index in [1.165, 1.54) is 4.68 Å². The predicted molar refractivity (Wildman–Crippen MR) is 95.7 cm³/mol. The van der Waals surface area contributed by atoms with Crippen LogP contribution in [0.1, 0.15) is 24.8 Å². The van der Waals surface area contributed by atoms with E-state index in [1.54, 1.807) is 13.3 Å². The van der Waals surface area contributed by atoms with Gasteiger partial charge in [-0.15, -0.1) is 5.10 Å². The molecule has 2 N–H and O–H groups in total. The first-order chi connectivity index (χ1) is 12.7. The summed E-state index contributed by atoms with van der Waals surface area (Å²) in [7, 11) is 1.63. The van der Waals surface area contributed by atoms with Crippen LogP contribution in [0.25, 0.3) is 0 Å². The molecule has 2 amide bonds. The summed E-state index contributed by atoms with van der Waals surface area (Å²) >= 11 is 0. The molecule has 1 aliphatic rings. The highest BCUT2D eigenvalue weighted by atomic mass is 16.5. The molecule has 2 aromatic rings. The Hall–Kier alpha value is -2.90. The predicted octanol–water partition coefficient (Wildman–Crippen LogP) is 1.38. The molecule has 1 fully saturated rings. The molecule has 0 aliphatic heterocycles. The zero-order chi connectivity index (χ0) is 18.4. The maximum Gasteiger partial charge on any atom is 0.241 e. The van der Waals surface area contributed by atoms with Crippen molar-refractivity contribution in [1.29, 1.82) is 0 Å². The maximum absolute atomic E-state index is 12.0. The summed E-state index contributed by atoms with van der Waals surface area (Å²) in [5, 5.41) is 13.3. The second kappa shape index (κ2) is 8.46. The standard InChI is InChI=1S/C18H23N5O3/c1-26-15-8-3-2-5-13(15)9-10-19-17(24)12-23-11-16(21-22-23)20-18(25)14-6-4-7-14/h2-3,5,8,11,14H,4,6-7,9-10,12H2,1H3,(H,19,24)(H,20,25). The van der Waals surface area contributed by atoms with Crippen molar-refractivity contribution < 1.29 is 14.3 Å². The van der Waals surface area contributed by atoms with Gasteiger partial charge >= 0.3 is 0 Å². The van der Waals surface area contributed by atoms with E-state index in [1.807, 2.05) is 24.3 Å². The highest BCUT2D eigenvalue weighted by molar-refractivity contribution is 5.92. The third kappa shape index (κ3) is 4.59. The molecule has 8 nitrogen and oxygen atoms in total. The summed E-state index contributed by atoms with van der Waals surface area (Å²) in [4.78, 5) is 23.9. The normalized spacial score (nSPS) is 13.7. The van der Waals surface area contributed by atoms with Crippen LogP contribution in [0.2, 0.25) is 0 Å². The lowest BCUT2D eigenvalue weighted by Gasteiger charge is -2.23. The Morgan fingerprint density at radius 2 is 2.12 bits per heavy atom. The Balaban J connectivity index is 1.42. The molecule has 1 saturated carbocycles. The number of benzene rings is 1. The first kappa shape index (κ1) is 17.9. The molecule has 1 heterocycles. The minimum atomic E-state index is -0.165. The van der Waals surface area contributed by atoms with Crippen molar-refractivity contribution in [3.05, 3.63) is 36.0 Å². The Bertz CT molecular complexity index is 770. The first-order valence-electron chi connectivity index (χ1n) is 8.75. The number of amides is 2. The highest BCUT2D eigenvalue weighted by Crippen LogP contribution is 2.27.